The maximum absolute atomic E-state index is 11.5. The lowest BCUT2D eigenvalue weighted by atomic mass is 10.1. The van der Waals surface area contributed by atoms with Crippen LogP contribution in [0.1, 0.15) is 28.4 Å². The molecule has 5 heteroatoms. The van der Waals surface area contributed by atoms with Gasteiger partial charge in [-0.1, -0.05) is 36.4 Å². The van der Waals surface area contributed by atoms with E-state index in [1.54, 1.807) is 13.1 Å². The molecule has 5 nitrogen and oxygen atoms in total. The molecular weight excluding hydrogens is 360 g/mol. The lowest BCUT2D eigenvalue weighted by molar-refractivity contribution is 0.101. The Hall–Kier alpha value is -3.21. The topological polar surface area (TPSA) is 49.3 Å². The highest BCUT2D eigenvalue weighted by Gasteiger charge is 2.20. The fourth-order valence-electron chi connectivity index (χ4n) is 3.78. The van der Waals surface area contributed by atoms with Crippen LogP contribution in [0.2, 0.25) is 0 Å². The Morgan fingerprint density at radius 2 is 1.59 bits per heavy atom. The van der Waals surface area contributed by atoms with Crippen molar-refractivity contribution in [2.45, 2.75) is 20.8 Å². The van der Waals surface area contributed by atoms with Gasteiger partial charge in [0.15, 0.2) is 5.78 Å². The molecule has 1 fully saturated rings. The van der Waals surface area contributed by atoms with Crippen molar-refractivity contribution in [3.63, 3.8) is 0 Å². The first-order valence-electron chi connectivity index (χ1n) is 10.0. The van der Waals surface area contributed by atoms with Crippen molar-refractivity contribution in [2.24, 2.45) is 0 Å². The number of benzene rings is 2. The number of aryl methyl sites for hydroxylation is 1. The number of aromatic nitrogens is 2. The molecule has 0 spiro atoms. The van der Waals surface area contributed by atoms with Crippen LogP contribution in [-0.4, -0.2) is 41.9 Å². The van der Waals surface area contributed by atoms with E-state index >= 15 is 0 Å². The molecule has 0 aliphatic carbocycles. The zero-order valence-electron chi connectivity index (χ0n) is 17.2. The third-order valence-corrected chi connectivity index (χ3v) is 5.73. The SMILES string of the molecule is CC(=O)c1ccc(-c2cncc(N3CCN(c4cccc(C)c4C)CC3)n2)cc1. The second-order valence-electron chi connectivity index (χ2n) is 7.59. The van der Waals surface area contributed by atoms with Gasteiger partial charge in [0.05, 0.1) is 18.1 Å². The molecule has 0 N–H and O–H groups in total. The molecule has 1 saturated heterocycles. The highest BCUT2D eigenvalue weighted by atomic mass is 16.1. The Morgan fingerprint density at radius 1 is 0.897 bits per heavy atom. The van der Waals surface area contributed by atoms with Crippen LogP contribution < -0.4 is 9.80 Å². The number of hydrogen-bond acceptors (Lipinski definition) is 5. The second-order valence-corrected chi connectivity index (χ2v) is 7.59. The standard InChI is InChI=1S/C24H26N4O/c1-17-5-4-6-23(18(17)2)27-11-13-28(14-12-27)24-16-25-15-22(26-24)21-9-7-20(8-10-21)19(3)29/h4-10,15-16H,11-14H2,1-3H3. The molecule has 29 heavy (non-hydrogen) atoms. The van der Waals surface area contributed by atoms with Crippen LogP contribution in [0.5, 0.6) is 0 Å². The van der Waals surface area contributed by atoms with Gasteiger partial charge < -0.3 is 9.80 Å². The van der Waals surface area contributed by atoms with E-state index in [0.717, 1.165) is 43.3 Å². The third-order valence-electron chi connectivity index (χ3n) is 5.73. The van der Waals surface area contributed by atoms with Gasteiger partial charge in [0.25, 0.3) is 0 Å². The summed E-state index contributed by atoms with van der Waals surface area (Å²) in [4.78, 5) is 25.5. The van der Waals surface area contributed by atoms with E-state index in [0.29, 0.717) is 5.56 Å². The van der Waals surface area contributed by atoms with Crippen molar-refractivity contribution >= 4 is 17.3 Å². The Bertz CT molecular complexity index is 1020. The van der Waals surface area contributed by atoms with Crippen molar-refractivity contribution < 1.29 is 4.79 Å². The average molecular weight is 386 g/mol. The van der Waals surface area contributed by atoms with Crippen molar-refractivity contribution in [2.75, 3.05) is 36.0 Å². The molecule has 1 aliphatic rings. The molecule has 0 radical (unpaired) electrons. The Balaban J connectivity index is 1.48. The first kappa shape index (κ1) is 19.1. The molecule has 0 bridgehead atoms. The predicted molar refractivity (Wildman–Crippen MR) is 118 cm³/mol. The number of nitrogens with zero attached hydrogens (tertiary/aromatic N) is 4. The normalized spacial score (nSPS) is 14.2. The molecule has 0 atom stereocenters. The van der Waals surface area contributed by atoms with E-state index in [2.05, 4.69) is 46.8 Å². The van der Waals surface area contributed by atoms with Crippen LogP contribution in [0.15, 0.2) is 54.9 Å². The van der Waals surface area contributed by atoms with Gasteiger partial charge in [0.2, 0.25) is 0 Å². The summed E-state index contributed by atoms with van der Waals surface area (Å²) in [7, 11) is 0. The number of piperazine rings is 1. The maximum atomic E-state index is 11.5. The number of anilines is 2. The van der Waals surface area contributed by atoms with Crippen LogP contribution in [-0.2, 0) is 0 Å². The van der Waals surface area contributed by atoms with Crippen molar-refractivity contribution in [1.82, 2.24) is 9.97 Å². The summed E-state index contributed by atoms with van der Waals surface area (Å²) in [5, 5.41) is 0. The average Bonchev–Trinajstić information content (AvgIpc) is 2.76. The number of carbonyl (C=O) groups excluding carboxylic acids is 1. The summed E-state index contributed by atoms with van der Waals surface area (Å²) < 4.78 is 0. The van der Waals surface area contributed by atoms with Crippen LogP contribution in [0.4, 0.5) is 11.5 Å². The second kappa shape index (κ2) is 8.03. The number of Topliss-reactive ketones (excluding diaryl/α,β-unsaturated/α-hetero) is 1. The van der Waals surface area contributed by atoms with Gasteiger partial charge in [-0.3, -0.25) is 9.78 Å². The van der Waals surface area contributed by atoms with Crippen molar-refractivity contribution in [1.29, 1.82) is 0 Å². The van der Waals surface area contributed by atoms with Gasteiger partial charge in [-0.25, -0.2) is 4.98 Å². The molecule has 0 unspecified atom stereocenters. The molecular formula is C24H26N4O. The van der Waals surface area contributed by atoms with Gasteiger partial charge in [-0.05, 0) is 38.0 Å². The molecule has 1 aliphatic heterocycles. The minimum Gasteiger partial charge on any atom is -0.368 e. The van der Waals surface area contributed by atoms with Crippen molar-refractivity contribution in [3.8, 4) is 11.3 Å². The molecule has 148 valence electrons. The third kappa shape index (κ3) is 3.99. The van der Waals surface area contributed by atoms with E-state index in [1.165, 1.54) is 16.8 Å². The fourth-order valence-corrected chi connectivity index (χ4v) is 3.78. The van der Waals surface area contributed by atoms with Crippen LogP contribution in [0.25, 0.3) is 11.3 Å². The highest BCUT2D eigenvalue weighted by molar-refractivity contribution is 5.94. The summed E-state index contributed by atoms with van der Waals surface area (Å²) >= 11 is 0. The Labute approximate surface area is 172 Å². The quantitative estimate of drug-likeness (QED) is 0.626. The molecule has 0 amide bonds. The van der Waals surface area contributed by atoms with Gasteiger partial charge >= 0.3 is 0 Å². The molecule has 1 aromatic heterocycles. The van der Waals surface area contributed by atoms with E-state index < -0.39 is 0 Å². The van der Waals surface area contributed by atoms with E-state index in [-0.39, 0.29) is 5.78 Å². The highest BCUT2D eigenvalue weighted by Crippen LogP contribution is 2.26. The Morgan fingerprint density at radius 3 is 2.28 bits per heavy atom. The minimum absolute atomic E-state index is 0.0677. The number of hydrogen-bond donors (Lipinski definition) is 0. The summed E-state index contributed by atoms with van der Waals surface area (Å²) in [6.45, 7) is 9.69. The zero-order valence-corrected chi connectivity index (χ0v) is 17.2. The van der Waals surface area contributed by atoms with Gasteiger partial charge in [-0.15, -0.1) is 0 Å². The van der Waals surface area contributed by atoms with Crippen LogP contribution in [0.3, 0.4) is 0 Å². The summed E-state index contributed by atoms with van der Waals surface area (Å²) in [6, 6.07) is 14.1. The first-order chi connectivity index (χ1) is 14.0. The lowest BCUT2D eigenvalue weighted by Gasteiger charge is -2.37. The van der Waals surface area contributed by atoms with E-state index in [4.69, 9.17) is 4.98 Å². The monoisotopic (exact) mass is 386 g/mol. The Kier molecular flexibility index (Phi) is 5.30. The van der Waals surface area contributed by atoms with E-state index in [9.17, 15) is 4.79 Å². The minimum atomic E-state index is 0.0677. The van der Waals surface area contributed by atoms with Gasteiger partial charge in [0, 0.05) is 43.0 Å². The van der Waals surface area contributed by atoms with E-state index in [1.807, 2.05) is 30.5 Å². The molecule has 2 heterocycles. The lowest BCUT2D eigenvalue weighted by Crippen LogP contribution is -2.47. The number of ketones is 1. The largest absolute Gasteiger partial charge is 0.368 e. The summed E-state index contributed by atoms with van der Waals surface area (Å²) in [5.74, 6) is 0.969. The summed E-state index contributed by atoms with van der Waals surface area (Å²) in [6.07, 6.45) is 3.61. The first-order valence-corrected chi connectivity index (χ1v) is 10.0. The van der Waals surface area contributed by atoms with Gasteiger partial charge in [0.1, 0.15) is 5.82 Å². The van der Waals surface area contributed by atoms with Crippen LogP contribution in [0, 0.1) is 13.8 Å². The predicted octanol–water partition coefficient (Wildman–Crippen LogP) is 4.29. The van der Waals surface area contributed by atoms with Crippen LogP contribution >= 0.6 is 0 Å². The number of carbonyl (C=O) groups is 1. The fraction of sp³-hybridized carbons (Fsp3) is 0.292. The summed E-state index contributed by atoms with van der Waals surface area (Å²) in [5.41, 5.74) is 6.53. The maximum Gasteiger partial charge on any atom is 0.159 e. The zero-order chi connectivity index (χ0) is 20.4. The smallest absolute Gasteiger partial charge is 0.159 e. The van der Waals surface area contributed by atoms with Gasteiger partial charge in [-0.2, -0.15) is 0 Å². The number of rotatable bonds is 4. The van der Waals surface area contributed by atoms with Crippen molar-refractivity contribution in [3.05, 3.63) is 71.5 Å². The molecule has 0 saturated carbocycles. The molecule has 2 aromatic carbocycles. The molecule has 4 rings (SSSR count). The molecule has 3 aromatic rings.